The van der Waals surface area contributed by atoms with E-state index in [0.717, 1.165) is 0 Å². The number of hydrogen-bond acceptors (Lipinski definition) is 2. The second-order valence-corrected chi connectivity index (χ2v) is 5.31. The van der Waals surface area contributed by atoms with Gasteiger partial charge in [0.25, 0.3) is 0 Å². The zero-order valence-corrected chi connectivity index (χ0v) is 11.5. The van der Waals surface area contributed by atoms with Gasteiger partial charge in [-0.05, 0) is 38.1 Å². The molecule has 1 unspecified atom stereocenters. The molecule has 2 nitrogen and oxygen atoms in total. The monoisotopic (exact) mass is 290 g/mol. The van der Waals surface area contributed by atoms with Gasteiger partial charge in [-0.2, -0.15) is 13.2 Å². The largest absolute Gasteiger partial charge is 0.405 e. The predicted octanol–water partition coefficient (Wildman–Crippen LogP) is 3.29. The van der Waals surface area contributed by atoms with Crippen LogP contribution in [0.3, 0.4) is 0 Å². The molecule has 2 rings (SSSR count). The fourth-order valence-corrected chi connectivity index (χ4v) is 2.59. The third kappa shape index (κ3) is 3.23. The number of piperazine rings is 1. The maximum absolute atomic E-state index is 13.2. The summed E-state index contributed by atoms with van der Waals surface area (Å²) in [5.74, 6) is -0.387. The van der Waals surface area contributed by atoms with Crippen LogP contribution >= 0.6 is 0 Å². The first-order chi connectivity index (χ1) is 9.29. The number of rotatable bonds is 2. The van der Waals surface area contributed by atoms with Crippen molar-refractivity contribution in [3.63, 3.8) is 0 Å². The molecule has 20 heavy (non-hydrogen) atoms. The summed E-state index contributed by atoms with van der Waals surface area (Å²) in [5.41, 5.74) is 0.629. The molecule has 1 aromatic rings. The van der Waals surface area contributed by atoms with Crippen LogP contribution < -0.4 is 4.90 Å². The molecule has 0 aromatic heterocycles. The van der Waals surface area contributed by atoms with Crippen molar-refractivity contribution in [2.45, 2.75) is 32.1 Å². The van der Waals surface area contributed by atoms with Crippen LogP contribution in [0.1, 0.15) is 13.8 Å². The molecule has 0 saturated carbocycles. The van der Waals surface area contributed by atoms with Gasteiger partial charge in [0.2, 0.25) is 0 Å². The average molecular weight is 290 g/mol. The summed E-state index contributed by atoms with van der Waals surface area (Å²) in [4.78, 5) is 3.14. The Morgan fingerprint density at radius 3 is 2.20 bits per heavy atom. The van der Waals surface area contributed by atoms with Crippen molar-refractivity contribution in [2.24, 2.45) is 0 Å². The lowest BCUT2D eigenvalue weighted by molar-refractivity contribution is -0.189. The standard InChI is InChI=1S/C14H18F4N2/c1-10(2)20-8-7-19(9-13(20)14(16,17)18)12-5-3-11(15)4-6-12/h3-6,10,13H,7-9H2,1-2H3. The molecule has 1 aromatic carbocycles. The van der Waals surface area contributed by atoms with E-state index in [1.54, 1.807) is 18.7 Å². The molecular formula is C14H18F4N2. The summed E-state index contributed by atoms with van der Waals surface area (Å²) in [7, 11) is 0. The summed E-state index contributed by atoms with van der Waals surface area (Å²) in [6, 6.07) is 3.94. The SMILES string of the molecule is CC(C)N1CCN(c2ccc(F)cc2)CC1C(F)(F)F. The Hall–Kier alpha value is -1.30. The highest BCUT2D eigenvalue weighted by molar-refractivity contribution is 5.47. The van der Waals surface area contributed by atoms with E-state index in [9.17, 15) is 17.6 Å². The number of benzene rings is 1. The summed E-state index contributed by atoms with van der Waals surface area (Å²) >= 11 is 0. The zero-order valence-electron chi connectivity index (χ0n) is 11.5. The highest BCUT2D eigenvalue weighted by Gasteiger charge is 2.47. The van der Waals surface area contributed by atoms with Crippen LogP contribution in [0, 0.1) is 5.82 Å². The first-order valence-electron chi connectivity index (χ1n) is 6.62. The molecule has 0 N–H and O–H groups in total. The summed E-state index contributed by atoms with van der Waals surface area (Å²) in [6.45, 7) is 4.28. The lowest BCUT2D eigenvalue weighted by atomic mass is 10.1. The fraction of sp³-hybridized carbons (Fsp3) is 0.571. The second-order valence-electron chi connectivity index (χ2n) is 5.31. The van der Waals surface area contributed by atoms with Gasteiger partial charge in [0.15, 0.2) is 0 Å². The molecule has 1 aliphatic rings. The highest BCUT2D eigenvalue weighted by atomic mass is 19.4. The number of halogens is 4. The molecular weight excluding hydrogens is 272 g/mol. The molecule has 0 radical (unpaired) electrons. The molecule has 0 aliphatic carbocycles. The minimum Gasteiger partial charge on any atom is -0.368 e. The van der Waals surface area contributed by atoms with Gasteiger partial charge >= 0.3 is 6.18 Å². The molecule has 1 atom stereocenters. The maximum Gasteiger partial charge on any atom is 0.405 e. The Morgan fingerprint density at radius 1 is 1.10 bits per heavy atom. The minimum absolute atomic E-state index is 0.118. The van der Waals surface area contributed by atoms with E-state index < -0.39 is 12.2 Å². The molecule has 0 amide bonds. The van der Waals surface area contributed by atoms with E-state index in [4.69, 9.17) is 0 Å². The lowest BCUT2D eigenvalue weighted by Gasteiger charge is -2.44. The van der Waals surface area contributed by atoms with Crippen molar-refractivity contribution in [3.05, 3.63) is 30.1 Å². The third-order valence-corrected chi connectivity index (χ3v) is 3.65. The van der Waals surface area contributed by atoms with Crippen LogP contribution in [0.4, 0.5) is 23.2 Å². The van der Waals surface area contributed by atoms with Crippen molar-refractivity contribution < 1.29 is 17.6 Å². The van der Waals surface area contributed by atoms with Gasteiger partial charge in [-0.15, -0.1) is 0 Å². The van der Waals surface area contributed by atoms with Gasteiger partial charge in [-0.25, -0.2) is 4.39 Å². The number of anilines is 1. The number of nitrogens with zero attached hydrogens (tertiary/aromatic N) is 2. The molecule has 1 fully saturated rings. The first kappa shape index (κ1) is 15.1. The maximum atomic E-state index is 13.2. The van der Waals surface area contributed by atoms with Crippen LogP contribution in [0.5, 0.6) is 0 Å². The van der Waals surface area contributed by atoms with Crippen LogP contribution in [0.2, 0.25) is 0 Å². The Kier molecular flexibility index (Phi) is 4.22. The Balaban J connectivity index is 2.18. The van der Waals surface area contributed by atoms with Crippen LogP contribution in [-0.2, 0) is 0 Å². The van der Waals surface area contributed by atoms with E-state index in [-0.39, 0.29) is 18.4 Å². The Labute approximate surface area is 116 Å². The number of alkyl halides is 3. The first-order valence-corrected chi connectivity index (χ1v) is 6.62. The van der Waals surface area contributed by atoms with E-state index >= 15 is 0 Å². The average Bonchev–Trinajstić information content (AvgIpc) is 2.38. The normalized spacial score (nSPS) is 21.6. The topological polar surface area (TPSA) is 6.48 Å². The van der Waals surface area contributed by atoms with Crippen molar-refractivity contribution in [1.29, 1.82) is 0 Å². The molecule has 1 heterocycles. The van der Waals surface area contributed by atoms with E-state index in [2.05, 4.69) is 0 Å². The number of hydrogen-bond donors (Lipinski definition) is 0. The quantitative estimate of drug-likeness (QED) is 0.771. The van der Waals surface area contributed by atoms with E-state index in [0.29, 0.717) is 18.8 Å². The van der Waals surface area contributed by atoms with Crippen molar-refractivity contribution >= 4 is 5.69 Å². The van der Waals surface area contributed by atoms with E-state index in [1.165, 1.54) is 29.2 Å². The third-order valence-electron chi connectivity index (χ3n) is 3.65. The lowest BCUT2D eigenvalue weighted by Crippen LogP contribution is -2.61. The molecule has 0 bridgehead atoms. The minimum atomic E-state index is -4.26. The Morgan fingerprint density at radius 2 is 1.70 bits per heavy atom. The smallest absolute Gasteiger partial charge is 0.368 e. The van der Waals surface area contributed by atoms with Crippen LogP contribution in [0.15, 0.2) is 24.3 Å². The highest BCUT2D eigenvalue weighted by Crippen LogP contribution is 2.31. The molecule has 6 heteroatoms. The molecule has 1 saturated heterocycles. The van der Waals surface area contributed by atoms with Gasteiger partial charge in [0, 0.05) is 31.4 Å². The molecule has 1 aliphatic heterocycles. The van der Waals surface area contributed by atoms with Crippen molar-refractivity contribution in [2.75, 3.05) is 24.5 Å². The van der Waals surface area contributed by atoms with Gasteiger partial charge in [-0.1, -0.05) is 0 Å². The zero-order chi connectivity index (χ0) is 14.9. The second kappa shape index (κ2) is 5.60. The van der Waals surface area contributed by atoms with Crippen LogP contribution in [-0.4, -0.2) is 42.8 Å². The summed E-state index contributed by atoms with van der Waals surface area (Å²) in [6.07, 6.45) is -4.26. The van der Waals surface area contributed by atoms with Crippen molar-refractivity contribution in [3.8, 4) is 0 Å². The van der Waals surface area contributed by atoms with Gasteiger partial charge in [-0.3, -0.25) is 4.90 Å². The van der Waals surface area contributed by atoms with Crippen molar-refractivity contribution in [1.82, 2.24) is 4.90 Å². The Bertz CT molecular complexity index is 441. The molecule has 0 spiro atoms. The predicted molar refractivity (Wildman–Crippen MR) is 70.3 cm³/mol. The summed E-state index contributed by atoms with van der Waals surface area (Å²) < 4.78 is 52.4. The van der Waals surface area contributed by atoms with Gasteiger partial charge in [0.1, 0.15) is 11.9 Å². The van der Waals surface area contributed by atoms with Gasteiger partial charge in [0.05, 0.1) is 0 Å². The molecule has 112 valence electrons. The van der Waals surface area contributed by atoms with Gasteiger partial charge < -0.3 is 4.90 Å². The van der Waals surface area contributed by atoms with E-state index in [1.807, 2.05) is 0 Å². The van der Waals surface area contributed by atoms with Crippen LogP contribution in [0.25, 0.3) is 0 Å². The summed E-state index contributed by atoms with van der Waals surface area (Å²) in [5, 5.41) is 0. The fourth-order valence-electron chi connectivity index (χ4n) is 2.59.